The van der Waals surface area contributed by atoms with E-state index < -0.39 is 0 Å². The SMILES string of the molecule is O=C(CC1CCN(Cc2ccccc2)CC1)N1CC(c2nccs2)C1. The fourth-order valence-corrected chi connectivity index (χ4v) is 4.57. The summed E-state index contributed by atoms with van der Waals surface area (Å²) < 4.78 is 0. The van der Waals surface area contributed by atoms with Crippen LogP contribution in [-0.2, 0) is 11.3 Å². The Morgan fingerprint density at radius 1 is 1.16 bits per heavy atom. The number of benzene rings is 1. The summed E-state index contributed by atoms with van der Waals surface area (Å²) in [5.74, 6) is 1.37. The van der Waals surface area contributed by atoms with Gasteiger partial charge in [-0.15, -0.1) is 11.3 Å². The van der Waals surface area contributed by atoms with Crippen LogP contribution < -0.4 is 0 Å². The second kappa shape index (κ2) is 7.67. The summed E-state index contributed by atoms with van der Waals surface area (Å²) in [5, 5.41) is 3.20. The van der Waals surface area contributed by atoms with E-state index in [1.165, 1.54) is 10.6 Å². The number of carbonyl (C=O) groups excluding carboxylic acids is 1. The molecule has 1 amide bonds. The maximum Gasteiger partial charge on any atom is 0.222 e. The molecule has 2 saturated heterocycles. The number of aromatic nitrogens is 1. The van der Waals surface area contributed by atoms with Crippen molar-refractivity contribution in [3.63, 3.8) is 0 Å². The summed E-state index contributed by atoms with van der Waals surface area (Å²) in [4.78, 5) is 21.4. The molecule has 2 aliphatic heterocycles. The van der Waals surface area contributed by atoms with E-state index in [1.54, 1.807) is 11.3 Å². The van der Waals surface area contributed by atoms with Crippen LogP contribution in [0.1, 0.15) is 35.8 Å². The quantitative estimate of drug-likeness (QED) is 0.825. The van der Waals surface area contributed by atoms with Crippen LogP contribution in [0.25, 0.3) is 0 Å². The number of thiazole rings is 1. The third-order valence-corrected chi connectivity index (χ3v) is 6.39. The van der Waals surface area contributed by atoms with Crippen molar-refractivity contribution in [2.24, 2.45) is 5.92 Å². The molecule has 4 nitrogen and oxygen atoms in total. The molecular weight excluding hydrogens is 330 g/mol. The van der Waals surface area contributed by atoms with E-state index in [1.807, 2.05) is 16.5 Å². The summed E-state index contributed by atoms with van der Waals surface area (Å²) in [6.45, 7) is 4.96. The van der Waals surface area contributed by atoms with Crippen molar-refractivity contribution in [2.45, 2.75) is 31.7 Å². The van der Waals surface area contributed by atoms with Crippen LogP contribution in [0, 0.1) is 5.92 Å². The first kappa shape index (κ1) is 16.7. The van der Waals surface area contributed by atoms with Gasteiger partial charge in [-0.2, -0.15) is 0 Å². The Kier molecular flexibility index (Phi) is 5.13. The Bertz CT molecular complexity index is 674. The average molecular weight is 356 g/mol. The second-order valence-corrected chi connectivity index (χ2v) is 8.20. The number of likely N-dealkylation sites (tertiary alicyclic amines) is 2. The number of amides is 1. The first-order valence-corrected chi connectivity index (χ1v) is 10.1. The van der Waals surface area contributed by atoms with Crippen molar-refractivity contribution in [2.75, 3.05) is 26.2 Å². The highest BCUT2D eigenvalue weighted by Crippen LogP contribution is 2.30. The predicted molar refractivity (Wildman–Crippen MR) is 100 cm³/mol. The molecule has 4 rings (SSSR count). The highest BCUT2D eigenvalue weighted by molar-refractivity contribution is 7.09. The van der Waals surface area contributed by atoms with Crippen LogP contribution in [0.4, 0.5) is 0 Å². The zero-order valence-electron chi connectivity index (χ0n) is 14.5. The molecule has 0 N–H and O–H groups in total. The molecule has 1 aromatic carbocycles. The van der Waals surface area contributed by atoms with Crippen molar-refractivity contribution in [3.05, 3.63) is 52.5 Å². The normalized spacial score (nSPS) is 19.8. The number of hydrogen-bond acceptors (Lipinski definition) is 4. The average Bonchev–Trinajstić information content (AvgIpc) is 3.10. The minimum atomic E-state index is 0.342. The van der Waals surface area contributed by atoms with Crippen molar-refractivity contribution < 1.29 is 4.79 Å². The van der Waals surface area contributed by atoms with Gasteiger partial charge >= 0.3 is 0 Å². The summed E-state index contributed by atoms with van der Waals surface area (Å²) in [6, 6.07) is 10.7. The molecule has 2 aromatic rings. The molecule has 2 fully saturated rings. The van der Waals surface area contributed by atoms with Gasteiger partial charge < -0.3 is 4.90 Å². The lowest BCUT2D eigenvalue weighted by atomic mass is 9.91. The van der Waals surface area contributed by atoms with Crippen molar-refractivity contribution >= 4 is 17.2 Å². The third kappa shape index (κ3) is 4.10. The van der Waals surface area contributed by atoms with Crippen LogP contribution in [0.5, 0.6) is 0 Å². The van der Waals surface area contributed by atoms with E-state index in [-0.39, 0.29) is 0 Å². The fraction of sp³-hybridized carbons (Fsp3) is 0.500. The monoisotopic (exact) mass is 355 g/mol. The second-order valence-electron chi connectivity index (χ2n) is 7.28. The minimum absolute atomic E-state index is 0.342. The lowest BCUT2D eigenvalue weighted by molar-refractivity contribution is -0.137. The zero-order valence-corrected chi connectivity index (χ0v) is 15.3. The van der Waals surface area contributed by atoms with Crippen molar-refractivity contribution in [1.82, 2.24) is 14.8 Å². The molecule has 2 aliphatic rings. The molecular formula is C20H25N3OS. The molecule has 0 radical (unpaired) electrons. The molecule has 0 spiro atoms. The minimum Gasteiger partial charge on any atom is -0.341 e. The lowest BCUT2D eigenvalue weighted by Crippen LogP contribution is -2.49. The van der Waals surface area contributed by atoms with Gasteiger partial charge in [-0.3, -0.25) is 9.69 Å². The van der Waals surface area contributed by atoms with E-state index in [0.29, 0.717) is 17.7 Å². The molecule has 1 aromatic heterocycles. The van der Waals surface area contributed by atoms with Crippen molar-refractivity contribution in [3.8, 4) is 0 Å². The summed E-state index contributed by atoms with van der Waals surface area (Å²) in [5.41, 5.74) is 1.38. The Morgan fingerprint density at radius 3 is 2.60 bits per heavy atom. The molecule has 132 valence electrons. The summed E-state index contributed by atoms with van der Waals surface area (Å²) >= 11 is 1.70. The fourth-order valence-electron chi connectivity index (χ4n) is 3.84. The first-order valence-electron chi connectivity index (χ1n) is 9.21. The van der Waals surface area contributed by atoms with Gasteiger partial charge in [0.15, 0.2) is 0 Å². The Morgan fingerprint density at radius 2 is 1.92 bits per heavy atom. The van der Waals surface area contributed by atoms with Crippen LogP contribution in [0.2, 0.25) is 0 Å². The summed E-state index contributed by atoms with van der Waals surface area (Å²) in [7, 11) is 0. The first-order chi connectivity index (χ1) is 12.3. The maximum absolute atomic E-state index is 12.5. The van der Waals surface area contributed by atoms with Gasteiger partial charge in [0.05, 0.1) is 5.01 Å². The molecule has 5 heteroatoms. The van der Waals surface area contributed by atoms with E-state index in [9.17, 15) is 4.79 Å². The molecule has 0 bridgehead atoms. The zero-order chi connectivity index (χ0) is 17.1. The van der Waals surface area contributed by atoms with Crippen LogP contribution in [-0.4, -0.2) is 46.9 Å². The van der Waals surface area contributed by atoms with Gasteiger partial charge in [0, 0.05) is 43.5 Å². The standard InChI is InChI=1S/C20H25N3OS/c24-19(23-14-18(15-23)20-21-8-11-25-20)12-16-6-9-22(10-7-16)13-17-4-2-1-3-5-17/h1-5,8,11,16,18H,6-7,9-10,12-15H2. The van der Waals surface area contributed by atoms with Gasteiger partial charge in [-0.25, -0.2) is 4.98 Å². The number of carbonyl (C=O) groups is 1. The lowest BCUT2D eigenvalue weighted by Gasteiger charge is -2.39. The molecule has 0 unspecified atom stereocenters. The largest absolute Gasteiger partial charge is 0.341 e. The molecule has 0 saturated carbocycles. The summed E-state index contributed by atoms with van der Waals surface area (Å²) in [6.07, 6.45) is 4.86. The van der Waals surface area contributed by atoms with Gasteiger partial charge in [-0.1, -0.05) is 30.3 Å². The number of rotatable bonds is 5. The van der Waals surface area contributed by atoms with Gasteiger partial charge in [0.1, 0.15) is 0 Å². The molecule has 0 atom stereocenters. The Labute approximate surface area is 153 Å². The smallest absolute Gasteiger partial charge is 0.222 e. The van der Waals surface area contributed by atoms with Crippen LogP contribution in [0.15, 0.2) is 41.9 Å². The van der Waals surface area contributed by atoms with Gasteiger partial charge in [0.2, 0.25) is 5.91 Å². The van der Waals surface area contributed by atoms with Gasteiger partial charge in [0.25, 0.3) is 0 Å². The predicted octanol–water partition coefficient (Wildman–Crippen LogP) is 3.37. The highest BCUT2D eigenvalue weighted by Gasteiger charge is 2.34. The molecule has 25 heavy (non-hydrogen) atoms. The number of nitrogens with zero attached hydrogens (tertiary/aromatic N) is 3. The topological polar surface area (TPSA) is 36.4 Å². The van der Waals surface area contributed by atoms with Crippen molar-refractivity contribution in [1.29, 1.82) is 0 Å². The molecule has 3 heterocycles. The third-order valence-electron chi connectivity index (χ3n) is 5.45. The van der Waals surface area contributed by atoms with E-state index in [0.717, 1.165) is 52.0 Å². The number of hydrogen-bond donors (Lipinski definition) is 0. The van der Waals surface area contributed by atoms with Gasteiger partial charge in [-0.05, 0) is 37.4 Å². The number of piperidine rings is 1. The van der Waals surface area contributed by atoms with Crippen LogP contribution in [0.3, 0.4) is 0 Å². The van der Waals surface area contributed by atoms with E-state index >= 15 is 0 Å². The Balaban J connectivity index is 1.18. The Hall–Kier alpha value is -1.72. The highest BCUT2D eigenvalue weighted by atomic mass is 32.1. The van der Waals surface area contributed by atoms with Crippen LogP contribution >= 0.6 is 11.3 Å². The maximum atomic E-state index is 12.5. The molecule has 0 aliphatic carbocycles. The van der Waals surface area contributed by atoms with E-state index in [4.69, 9.17) is 0 Å². The van der Waals surface area contributed by atoms with E-state index in [2.05, 4.69) is 40.2 Å².